The lowest BCUT2D eigenvalue weighted by atomic mass is 10.1. The Kier molecular flexibility index (Phi) is 5.35. The number of aryl methyl sites for hydroxylation is 1. The van der Waals surface area contributed by atoms with Crippen LogP contribution in [0.4, 0.5) is 5.82 Å². The maximum Gasteiger partial charge on any atom is 0.128 e. The van der Waals surface area contributed by atoms with Crippen molar-refractivity contribution in [2.45, 2.75) is 26.3 Å². The summed E-state index contributed by atoms with van der Waals surface area (Å²) in [7, 11) is 0. The number of halogens is 1. The van der Waals surface area contributed by atoms with Crippen LogP contribution in [0.25, 0.3) is 0 Å². The molecule has 0 amide bonds. The van der Waals surface area contributed by atoms with Crippen LogP contribution in [0.15, 0.2) is 16.7 Å². The third-order valence-corrected chi connectivity index (χ3v) is 4.93. The molecule has 1 atom stereocenters. The van der Waals surface area contributed by atoms with Gasteiger partial charge in [-0.25, -0.2) is 4.98 Å². The summed E-state index contributed by atoms with van der Waals surface area (Å²) < 4.78 is 1.06. The van der Waals surface area contributed by atoms with E-state index >= 15 is 0 Å². The van der Waals surface area contributed by atoms with Gasteiger partial charge in [-0.2, -0.15) is 0 Å². The molecule has 0 radical (unpaired) electrons. The van der Waals surface area contributed by atoms with E-state index in [1.165, 1.54) is 5.56 Å². The molecule has 2 rings (SSSR count). The molecule has 6 heteroatoms. The lowest BCUT2D eigenvalue weighted by Gasteiger charge is -2.39. The van der Waals surface area contributed by atoms with E-state index in [2.05, 4.69) is 50.6 Å². The second-order valence-electron chi connectivity index (χ2n) is 5.14. The van der Waals surface area contributed by atoms with Crippen LogP contribution < -0.4 is 10.6 Å². The number of pyridine rings is 1. The van der Waals surface area contributed by atoms with E-state index in [-0.39, 0.29) is 6.04 Å². The molecular weight excluding hydrogens is 336 g/mol. The molecule has 0 bridgehead atoms. The highest BCUT2D eigenvalue weighted by Gasteiger charge is 2.24. The molecule has 0 aliphatic carbocycles. The molecular formula is C14H21BrN4S. The van der Waals surface area contributed by atoms with Crippen molar-refractivity contribution in [3.05, 3.63) is 22.3 Å². The second kappa shape index (κ2) is 6.83. The molecule has 1 unspecified atom stereocenters. The minimum Gasteiger partial charge on any atom is -0.392 e. The van der Waals surface area contributed by atoms with Crippen LogP contribution in [-0.2, 0) is 0 Å². The molecule has 2 heterocycles. The summed E-state index contributed by atoms with van der Waals surface area (Å²) in [5.74, 6) is 1.05. The Morgan fingerprint density at radius 2 is 2.10 bits per heavy atom. The van der Waals surface area contributed by atoms with Crippen LogP contribution in [-0.4, -0.2) is 47.1 Å². The van der Waals surface area contributed by atoms with Gasteiger partial charge in [-0.3, -0.25) is 4.90 Å². The topological polar surface area (TPSA) is 45.4 Å². The van der Waals surface area contributed by atoms with Gasteiger partial charge in [0.1, 0.15) is 5.82 Å². The van der Waals surface area contributed by atoms with Crippen molar-refractivity contribution in [1.29, 1.82) is 0 Å². The van der Waals surface area contributed by atoms with Crippen LogP contribution in [0, 0.1) is 6.92 Å². The van der Waals surface area contributed by atoms with Crippen LogP contribution in [0.5, 0.6) is 0 Å². The zero-order valence-electron chi connectivity index (χ0n) is 12.0. The quantitative estimate of drug-likeness (QED) is 0.838. The highest BCUT2D eigenvalue weighted by Crippen LogP contribution is 2.21. The van der Waals surface area contributed by atoms with Crippen molar-refractivity contribution in [3.63, 3.8) is 0 Å². The molecule has 1 aliphatic heterocycles. The molecule has 2 N–H and O–H groups in total. The fraction of sp³-hybridized carbons (Fsp3) is 0.571. The van der Waals surface area contributed by atoms with Gasteiger partial charge in [-0.15, -0.1) is 0 Å². The number of nitrogens with zero attached hydrogens (tertiary/aromatic N) is 3. The van der Waals surface area contributed by atoms with Crippen molar-refractivity contribution in [3.8, 4) is 0 Å². The molecule has 0 spiro atoms. The number of hydrogen-bond acceptors (Lipinski definition) is 4. The molecule has 1 saturated heterocycles. The molecule has 20 heavy (non-hydrogen) atoms. The number of thiocarbonyl (C=S) groups is 1. The first-order valence-electron chi connectivity index (χ1n) is 6.93. The zero-order chi connectivity index (χ0) is 14.7. The van der Waals surface area contributed by atoms with Crippen LogP contribution in [0.2, 0.25) is 0 Å². The van der Waals surface area contributed by atoms with E-state index in [1.807, 2.05) is 6.20 Å². The zero-order valence-corrected chi connectivity index (χ0v) is 14.4. The maximum absolute atomic E-state index is 5.82. The Morgan fingerprint density at radius 1 is 1.45 bits per heavy atom. The number of anilines is 1. The van der Waals surface area contributed by atoms with Crippen molar-refractivity contribution in [1.82, 2.24) is 9.88 Å². The smallest absolute Gasteiger partial charge is 0.128 e. The van der Waals surface area contributed by atoms with Crippen LogP contribution in [0.3, 0.4) is 0 Å². The van der Waals surface area contributed by atoms with Gasteiger partial charge in [0.15, 0.2) is 0 Å². The highest BCUT2D eigenvalue weighted by molar-refractivity contribution is 9.10. The first-order valence-corrected chi connectivity index (χ1v) is 8.13. The van der Waals surface area contributed by atoms with Crippen LogP contribution >= 0.6 is 28.1 Å². The fourth-order valence-corrected chi connectivity index (χ4v) is 3.13. The summed E-state index contributed by atoms with van der Waals surface area (Å²) in [5.41, 5.74) is 7.03. The summed E-state index contributed by atoms with van der Waals surface area (Å²) >= 11 is 8.65. The molecule has 1 fully saturated rings. The Bertz CT molecular complexity index is 486. The SMILES string of the molecule is CCC(C(N)=S)N1CCN(c2cc(C)c(Br)cn2)CC1. The van der Waals surface area contributed by atoms with Crippen LogP contribution in [0.1, 0.15) is 18.9 Å². The normalized spacial score (nSPS) is 18.1. The molecule has 110 valence electrons. The van der Waals surface area contributed by atoms with Crippen molar-refractivity contribution < 1.29 is 0 Å². The molecule has 1 aromatic heterocycles. The van der Waals surface area contributed by atoms with E-state index in [1.54, 1.807) is 0 Å². The van der Waals surface area contributed by atoms with Gasteiger partial charge < -0.3 is 10.6 Å². The molecule has 4 nitrogen and oxygen atoms in total. The average Bonchev–Trinajstić information content (AvgIpc) is 2.43. The van der Waals surface area contributed by atoms with Crippen molar-refractivity contribution >= 4 is 39.0 Å². The Hall–Kier alpha value is -0.720. The van der Waals surface area contributed by atoms with E-state index in [9.17, 15) is 0 Å². The lowest BCUT2D eigenvalue weighted by molar-refractivity contribution is 0.224. The maximum atomic E-state index is 5.82. The number of rotatable bonds is 4. The largest absolute Gasteiger partial charge is 0.392 e. The van der Waals surface area contributed by atoms with Gasteiger partial charge in [0.2, 0.25) is 0 Å². The number of piperazine rings is 1. The monoisotopic (exact) mass is 356 g/mol. The van der Waals surface area contributed by atoms with Gasteiger partial charge in [-0.05, 0) is 40.9 Å². The number of hydrogen-bond donors (Lipinski definition) is 1. The minimum atomic E-state index is 0.228. The highest BCUT2D eigenvalue weighted by atomic mass is 79.9. The van der Waals surface area contributed by atoms with Gasteiger partial charge in [0.25, 0.3) is 0 Å². The van der Waals surface area contributed by atoms with Gasteiger partial charge >= 0.3 is 0 Å². The molecule has 0 aromatic carbocycles. The van der Waals surface area contributed by atoms with E-state index in [0.717, 1.165) is 42.9 Å². The third-order valence-electron chi connectivity index (χ3n) is 3.83. The summed E-state index contributed by atoms with van der Waals surface area (Å²) in [5, 5.41) is 0. The molecule has 1 aromatic rings. The number of nitrogens with two attached hydrogens (primary N) is 1. The van der Waals surface area contributed by atoms with Gasteiger partial charge in [0, 0.05) is 36.8 Å². The van der Waals surface area contributed by atoms with Gasteiger partial charge in [-0.1, -0.05) is 19.1 Å². The summed E-state index contributed by atoms with van der Waals surface area (Å²) in [4.78, 5) is 9.81. The third kappa shape index (κ3) is 3.48. The minimum absolute atomic E-state index is 0.228. The first kappa shape index (κ1) is 15.7. The Labute approximate surface area is 134 Å². The first-order chi connectivity index (χ1) is 9.52. The summed E-state index contributed by atoms with van der Waals surface area (Å²) in [6.07, 6.45) is 2.85. The molecule has 1 aliphatic rings. The number of aromatic nitrogens is 1. The summed E-state index contributed by atoms with van der Waals surface area (Å²) in [6, 6.07) is 2.36. The second-order valence-corrected chi connectivity index (χ2v) is 6.47. The summed E-state index contributed by atoms with van der Waals surface area (Å²) in [6.45, 7) is 8.11. The predicted molar refractivity (Wildman–Crippen MR) is 91.3 cm³/mol. The van der Waals surface area contributed by atoms with Crippen molar-refractivity contribution in [2.75, 3.05) is 31.1 Å². The van der Waals surface area contributed by atoms with E-state index < -0.39 is 0 Å². The average molecular weight is 357 g/mol. The van der Waals surface area contributed by atoms with E-state index in [0.29, 0.717) is 4.99 Å². The Morgan fingerprint density at radius 3 is 2.60 bits per heavy atom. The molecule has 0 saturated carbocycles. The predicted octanol–water partition coefficient (Wildman–Crippen LogP) is 2.34. The van der Waals surface area contributed by atoms with Gasteiger partial charge in [0.05, 0.1) is 11.0 Å². The Balaban J connectivity index is 2.00. The lowest BCUT2D eigenvalue weighted by Crippen LogP contribution is -2.53. The fourth-order valence-electron chi connectivity index (χ4n) is 2.60. The van der Waals surface area contributed by atoms with E-state index in [4.69, 9.17) is 18.0 Å². The standard InChI is InChI=1S/C14H21BrN4S/c1-3-12(14(16)20)18-4-6-19(7-5-18)13-8-10(2)11(15)9-17-13/h8-9,12H,3-7H2,1-2H3,(H2,16,20). The van der Waals surface area contributed by atoms with Crippen molar-refractivity contribution in [2.24, 2.45) is 5.73 Å².